The molecule has 0 saturated carbocycles. The van der Waals surface area contributed by atoms with Gasteiger partial charge >= 0.3 is 11.6 Å². The third kappa shape index (κ3) is 2.46. The van der Waals surface area contributed by atoms with Crippen molar-refractivity contribution in [3.05, 3.63) is 33.9 Å². The van der Waals surface area contributed by atoms with Gasteiger partial charge in [0.25, 0.3) is 0 Å². The van der Waals surface area contributed by atoms with Gasteiger partial charge in [0.05, 0.1) is 5.56 Å². The largest absolute Gasteiger partial charge is 0.507 e. The molecule has 0 atom stereocenters. The SMILES string of the molecule is CC(=CC(=O)O)c1cc(O)c(C)c(=O)o1. The predicted molar refractivity (Wildman–Crippen MR) is 52.7 cm³/mol. The highest BCUT2D eigenvalue weighted by molar-refractivity contribution is 5.88. The summed E-state index contributed by atoms with van der Waals surface area (Å²) in [5.41, 5.74) is -0.320. The van der Waals surface area contributed by atoms with E-state index in [-0.39, 0.29) is 22.6 Å². The van der Waals surface area contributed by atoms with Crippen LogP contribution < -0.4 is 5.63 Å². The maximum absolute atomic E-state index is 11.1. The third-order valence-electron chi connectivity index (χ3n) is 1.89. The first kappa shape index (κ1) is 11.0. The van der Waals surface area contributed by atoms with Crippen molar-refractivity contribution in [3.63, 3.8) is 0 Å². The number of hydrogen-bond acceptors (Lipinski definition) is 4. The Balaban J connectivity index is 3.29. The number of hydrogen-bond donors (Lipinski definition) is 2. The van der Waals surface area contributed by atoms with Gasteiger partial charge in [-0.2, -0.15) is 0 Å². The molecule has 1 heterocycles. The zero-order valence-electron chi connectivity index (χ0n) is 8.27. The second-order valence-corrected chi connectivity index (χ2v) is 3.07. The van der Waals surface area contributed by atoms with Crippen LogP contribution in [0.15, 0.2) is 21.4 Å². The maximum Gasteiger partial charge on any atom is 0.342 e. The lowest BCUT2D eigenvalue weighted by Crippen LogP contribution is -2.04. The molecule has 0 aromatic carbocycles. The molecule has 80 valence electrons. The summed E-state index contributed by atoms with van der Waals surface area (Å²) in [6.45, 7) is 2.89. The van der Waals surface area contributed by atoms with Gasteiger partial charge in [-0.05, 0) is 19.4 Å². The quantitative estimate of drug-likeness (QED) is 0.714. The molecular weight excluding hydrogens is 200 g/mol. The molecule has 2 N–H and O–H groups in total. The predicted octanol–water partition coefficient (Wildman–Crippen LogP) is 1.14. The highest BCUT2D eigenvalue weighted by atomic mass is 16.4. The Labute approximate surface area is 85.3 Å². The lowest BCUT2D eigenvalue weighted by molar-refractivity contribution is -0.131. The van der Waals surface area contributed by atoms with Crippen LogP contribution in [0.1, 0.15) is 18.2 Å². The fraction of sp³-hybridized carbons (Fsp3) is 0.200. The van der Waals surface area contributed by atoms with Gasteiger partial charge in [0.2, 0.25) is 0 Å². The van der Waals surface area contributed by atoms with E-state index in [1.54, 1.807) is 0 Å². The lowest BCUT2D eigenvalue weighted by atomic mass is 10.2. The maximum atomic E-state index is 11.1. The van der Waals surface area contributed by atoms with Gasteiger partial charge in [-0.1, -0.05) is 0 Å². The third-order valence-corrected chi connectivity index (χ3v) is 1.89. The first-order valence-electron chi connectivity index (χ1n) is 4.17. The van der Waals surface area contributed by atoms with Crippen molar-refractivity contribution in [1.29, 1.82) is 0 Å². The van der Waals surface area contributed by atoms with Crippen LogP contribution in [0.3, 0.4) is 0 Å². The monoisotopic (exact) mass is 210 g/mol. The van der Waals surface area contributed by atoms with E-state index in [0.717, 1.165) is 6.08 Å². The molecule has 5 nitrogen and oxygen atoms in total. The lowest BCUT2D eigenvalue weighted by Gasteiger charge is -2.01. The van der Waals surface area contributed by atoms with Crippen LogP contribution in [0.4, 0.5) is 0 Å². The van der Waals surface area contributed by atoms with Crippen LogP contribution in [0.5, 0.6) is 5.75 Å². The summed E-state index contributed by atoms with van der Waals surface area (Å²) in [5.74, 6) is -1.31. The molecule has 1 aromatic rings. The molecule has 0 amide bonds. The molecule has 0 aliphatic rings. The Kier molecular flexibility index (Phi) is 2.94. The van der Waals surface area contributed by atoms with Gasteiger partial charge in [0, 0.05) is 12.1 Å². The average Bonchev–Trinajstić information content (AvgIpc) is 2.12. The van der Waals surface area contributed by atoms with E-state index in [9.17, 15) is 14.7 Å². The average molecular weight is 210 g/mol. The van der Waals surface area contributed by atoms with Crippen LogP contribution in [0.2, 0.25) is 0 Å². The normalized spacial score (nSPS) is 11.5. The van der Waals surface area contributed by atoms with Gasteiger partial charge in [-0.3, -0.25) is 0 Å². The number of carbonyl (C=O) groups is 1. The molecule has 0 saturated heterocycles. The zero-order chi connectivity index (χ0) is 11.6. The Morgan fingerprint density at radius 1 is 1.53 bits per heavy atom. The molecule has 0 fully saturated rings. The fourth-order valence-corrected chi connectivity index (χ4v) is 0.994. The molecule has 0 aliphatic carbocycles. The summed E-state index contributed by atoms with van der Waals surface area (Å²) < 4.78 is 4.80. The van der Waals surface area contributed by atoms with Gasteiger partial charge in [0.15, 0.2) is 0 Å². The summed E-state index contributed by atoms with van der Waals surface area (Å²) in [7, 11) is 0. The minimum Gasteiger partial charge on any atom is -0.507 e. The number of carboxylic acids is 1. The number of allylic oxidation sites excluding steroid dienone is 1. The van der Waals surface area contributed by atoms with E-state index >= 15 is 0 Å². The van der Waals surface area contributed by atoms with E-state index in [1.807, 2.05) is 0 Å². The molecule has 0 spiro atoms. The molecule has 0 aliphatic heterocycles. The second kappa shape index (κ2) is 4.00. The smallest absolute Gasteiger partial charge is 0.342 e. The van der Waals surface area contributed by atoms with E-state index in [1.165, 1.54) is 19.9 Å². The highest BCUT2D eigenvalue weighted by Gasteiger charge is 2.08. The first-order chi connectivity index (χ1) is 6.91. The van der Waals surface area contributed by atoms with Crippen molar-refractivity contribution in [2.24, 2.45) is 0 Å². The molecule has 1 rings (SSSR count). The Morgan fingerprint density at radius 2 is 2.13 bits per heavy atom. The van der Waals surface area contributed by atoms with Crippen molar-refractivity contribution in [1.82, 2.24) is 0 Å². The van der Waals surface area contributed by atoms with Crippen LogP contribution in [-0.4, -0.2) is 16.2 Å². The van der Waals surface area contributed by atoms with Gasteiger partial charge in [-0.15, -0.1) is 0 Å². The molecule has 5 heteroatoms. The molecule has 1 aromatic heterocycles. The van der Waals surface area contributed by atoms with E-state index < -0.39 is 11.6 Å². The van der Waals surface area contributed by atoms with E-state index in [2.05, 4.69) is 0 Å². The van der Waals surface area contributed by atoms with Crippen molar-refractivity contribution in [3.8, 4) is 5.75 Å². The molecule has 15 heavy (non-hydrogen) atoms. The van der Waals surface area contributed by atoms with Crippen molar-refractivity contribution in [2.75, 3.05) is 0 Å². The molecule has 0 bridgehead atoms. The van der Waals surface area contributed by atoms with Crippen molar-refractivity contribution >= 4 is 11.5 Å². The summed E-state index contributed by atoms with van der Waals surface area (Å²) >= 11 is 0. The van der Waals surface area contributed by atoms with Gasteiger partial charge < -0.3 is 14.6 Å². The van der Waals surface area contributed by atoms with E-state index in [0.29, 0.717) is 0 Å². The topological polar surface area (TPSA) is 87.7 Å². The van der Waals surface area contributed by atoms with Crippen molar-refractivity contribution < 1.29 is 19.4 Å². The Hall–Kier alpha value is -2.04. The molecular formula is C10H10O5. The standard InChI is InChI=1S/C10H10O5/c1-5(3-9(12)13)8-4-7(11)6(2)10(14)15-8/h3-4,11H,1-2H3,(H,12,13). The Morgan fingerprint density at radius 3 is 2.60 bits per heavy atom. The van der Waals surface area contributed by atoms with Crippen LogP contribution in [0, 0.1) is 6.92 Å². The minimum atomic E-state index is -1.14. The van der Waals surface area contributed by atoms with Crippen LogP contribution in [0.25, 0.3) is 5.57 Å². The second-order valence-electron chi connectivity index (χ2n) is 3.07. The van der Waals surface area contributed by atoms with Gasteiger partial charge in [-0.25, -0.2) is 9.59 Å². The summed E-state index contributed by atoms with van der Waals surface area (Å²) in [4.78, 5) is 21.5. The van der Waals surface area contributed by atoms with Crippen molar-refractivity contribution in [2.45, 2.75) is 13.8 Å². The summed E-state index contributed by atoms with van der Waals surface area (Å²) in [6.07, 6.45) is 0.896. The zero-order valence-corrected chi connectivity index (χ0v) is 8.27. The number of rotatable bonds is 2. The van der Waals surface area contributed by atoms with Gasteiger partial charge in [0.1, 0.15) is 11.5 Å². The number of aromatic hydroxyl groups is 1. The van der Waals surface area contributed by atoms with E-state index in [4.69, 9.17) is 9.52 Å². The van der Waals surface area contributed by atoms with Crippen LogP contribution in [-0.2, 0) is 4.79 Å². The number of carboxylic acid groups (broad SMARTS) is 1. The first-order valence-corrected chi connectivity index (χ1v) is 4.17. The fourth-order valence-electron chi connectivity index (χ4n) is 0.994. The Bertz CT molecular complexity index is 481. The minimum absolute atomic E-state index is 0.0468. The molecule has 0 radical (unpaired) electrons. The van der Waals surface area contributed by atoms with Crippen LogP contribution >= 0.6 is 0 Å². The summed E-state index contributed by atoms with van der Waals surface area (Å²) in [6, 6.07) is 1.21. The summed E-state index contributed by atoms with van der Waals surface area (Å²) in [5, 5.41) is 17.8. The number of aliphatic carboxylic acids is 1. The molecule has 0 unspecified atom stereocenters. The highest BCUT2D eigenvalue weighted by Crippen LogP contribution is 2.19.